The van der Waals surface area contributed by atoms with E-state index in [0.29, 0.717) is 0 Å². The fourth-order valence-electron chi connectivity index (χ4n) is 2.64. The molecule has 3 nitrogen and oxygen atoms in total. The zero-order chi connectivity index (χ0) is 13.2. The molecule has 0 saturated heterocycles. The van der Waals surface area contributed by atoms with Crippen molar-refractivity contribution in [3.63, 3.8) is 0 Å². The Balaban J connectivity index is 1.96. The lowest BCUT2D eigenvalue weighted by molar-refractivity contribution is 0.754. The topological polar surface area (TPSA) is 37.8 Å². The van der Waals surface area contributed by atoms with Crippen LogP contribution in [0, 0.1) is 6.92 Å². The summed E-state index contributed by atoms with van der Waals surface area (Å²) in [4.78, 5) is 9.47. The normalized spacial score (nSPS) is 13.6. The van der Waals surface area contributed by atoms with Gasteiger partial charge in [0.2, 0.25) is 0 Å². The van der Waals surface area contributed by atoms with Crippen molar-refractivity contribution in [2.24, 2.45) is 0 Å². The Hall–Kier alpha value is -1.74. The molecule has 19 heavy (non-hydrogen) atoms. The smallest absolute Gasteiger partial charge is 0.133 e. The van der Waals surface area contributed by atoms with Crippen LogP contribution in [0.2, 0.25) is 0 Å². The second-order valence-electron chi connectivity index (χ2n) is 5.07. The van der Waals surface area contributed by atoms with Gasteiger partial charge in [0.25, 0.3) is 0 Å². The highest BCUT2D eigenvalue weighted by molar-refractivity contribution is 5.32. The predicted octanol–water partition coefficient (Wildman–Crippen LogP) is 2.54. The molecule has 0 bridgehead atoms. The van der Waals surface area contributed by atoms with Gasteiger partial charge in [-0.05, 0) is 24.5 Å². The molecule has 98 valence electrons. The maximum Gasteiger partial charge on any atom is 0.133 e. The fourth-order valence-corrected chi connectivity index (χ4v) is 2.64. The number of fused-ring (bicyclic) bond motifs is 1. The van der Waals surface area contributed by atoms with E-state index >= 15 is 0 Å². The summed E-state index contributed by atoms with van der Waals surface area (Å²) in [5.74, 6) is 0.952. The lowest BCUT2D eigenvalue weighted by atomic mass is 10.0. The van der Waals surface area contributed by atoms with Crippen LogP contribution < -0.4 is 5.32 Å². The minimum absolute atomic E-state index is 0.826. The number of aryl methyl sites for hydroxylation is 2. The van der Waals surface area contributed by atoms with Gasteiger partial charge in [-0.1, -0.05) is 31.2 Å². The van der Waals surface area contributed by atoms with Gasteiger partial charge in [0.05, 0.1) is 5.69 Å². The van der Waals surface area contributed by atoms with Gasteiger partial charge in [0, 0.05) is 30.8 Å². The van der Waals surface area contributed by atoms with Crippen LogP contribution in [-0.2, 0) is 25.9 Å². The van der Waals surface area contributed by atoms with E-state index in [4.69, 9.17) is 9.97 Å². The third-order valence-corrected chi connectivity index (χ3v) is 3.76. The Labute approximate surface area is 114 Å². The number of benzene rings is 1. The first-order valence-corrected chi connectivity index (χ1v) is 6.90. The Morgan fingerprint density at radius 1 is 1.16 bits per heavy atom. The maximum absolute atomic E-state index is 4.75. The molecule has 0 spiro atoms. The van der Waals surface area contributed by atoms with Gasteiger partial charge in [-0.25, -0.2) is 9.97 Å². The lowest BCUT2D eigenvalue weighted by Gasteiger charge is -2.09. The predicted molar refractivity (Wildman–Crippen MR) is 75.9 cm³/mol. The molecular weight excluding hydrogens is 234 g/mol. The number of nitrogens with zero attached hydrogens (tertiary/aromatic N) is 2. The molecule has 1 aromatic carbocycles. The molecule has 2 aromatic rings. The summed E-state index contributed by atoms with van der Waals surface area (Å²) in [6.45, 7) is 6.11. The molecule has 2 heterocycles. The largest absolute Gasteiger partial charge is 0.307 e. The van der Waals surface area contributed by atoms with Crippen molar-refractivity contribution in [1.82, 2.24) is 15.3 Å². The van der Waals surface area contributed by atoms with Crippen molar-refractivity contribution in [3.05, 3.63) is 58.2 Å². The van der Waals surface area contributed by atoms with E-state index in [1.165, 1.54) is 28.1 Å². The summed E-state index contributed by atoms with van der Waals surface area (Å²) in [5.41, 5.74) is 6.34. The maximum atomic E-state index is 4.75. The van der Waals surface area contributed by atoms with Crippen LogP contribution in [0.25, 0.3) is 0 Å². The number of nitrogens with one attached hydrogen (secondary N) is 1. The van der Waals surface area contributed by atoms with Crippen LogP contribution in [0.4, 0.5) is 0 Å². The quantitative estimate of drug-likeness (QED) is 0.913. The van der Waals surface area contributed by atoms with E-state index in [9.17, 15) is 0 Å². The first kappa shape index (κ1) is 12.3. The van der Waals surface area contributed by atoms with E-state index in [0.717, 1.165) is 31.8 Å². The van der Waals surface area contributed by atoms with Crippen molar-refractivity contribution in [1.29, 1.82) is 0 Å². The van der Waals surface area contributed by atoms with Crippen LogP contribution in [0.5, 0.6) is 0 Å². The van der Waals surface area contributed by atoms with Crippen molar-refractivity contribution < 1.29 is 0 Å². The molecule has 3 rings (SSSR count). The highest BCUT2D eigenvalue weighted by Gasteiger charge is 2.17. The molecule has 0 atom stereocenters. The summed E-state index contributed by atoms with van der Waals surface area (Å²) in [7, 11) is 0. The zero-order valence-electron chi connectivity index (χ0n) is 11.5. The number of rotatable bonds is 3. The molecule has 1 N–H and O–H groups in total. The van der Waals surface area contributed by atoms with Crippen molar-refractivity contribution in [2.75, 3.05) is 0 Å². The van der Waals surface area contributed by atoms with E-state index in [-0.39, 0.29) is 0 Å². The third kappa shape index (κ3) is 2.38. The number of hydrogen-bond acceptors (Lipinski definition) is 3. The fraction of sp³-hybridized carbons (Fsp3) is 0.375. The Morgan fingerprint density at radius 3 is 2.79 bits per heavy atom. The molecule has 0 amide bonds. The van der Waals surface area contributed by atoms with Gasteiger partial charge >= 0.3 is 0 Å². The van der Waals surface area contributed by atoms with Crippen molar-refractivity contribution in [2.45, 2.75) is 39.8 Å². The molecular formula is C16H19N3. The first-order valence-electron chi connectivity index (χ1n) is 6.90. The van der Waals surface area contributed by atoms with Gasteiger partial charge in [-0.3, -0.25) is 0 Å². The highest BCUT2D eigenvalue weighted by Crippen LogP contribution is 2.19. The lowest BCUT2D eigenvalue weighted by Crippen LogP contribution is -2.06. The molecule has 0 aliphatic carbocycles. The molecule has 0 fully saturated rings. The Bertz CT molecular complexity index is 605. The van der Waals surface area contributed by atoms with Crippen LogP contribution in [0.3, 0.4) is 0 Å². The molecule has 1 aliphatic heterocycles. The van der Waals surface area contributed by atoms with E-state index < -0.39 is 0 Å². The average molecular weight is 253 g/mol. The van der Waals surface area contributed by atoms with Crippen LogP contribution in [0.15, 0.2) is 24.3 Å². The minimum atomic E-state index is 0.826. The first-order chi connectivity index (χ1) is 9.28. The van der Waals surface area contributed by atoms with Crippen LogP contribution in [0.1, 0.15) is 40.8 Å². The zero-order valence-corrected chi connectivity index (χ0v) is 11.5. The Morgan fingerprint density at radius 2 is 2.00 bits per heavy atom. The number of aromatic nitrogens is 2. The summed E-state index contributed by atoms with van der Waals surface area (Å²) < 4.78 is 0. The summed E-state index contributed by atoms with van der Waals surface area (Å²) >= 11 is 0. The monoisotopic (exact) mass is 253 g/mol. The highest BCUT2D eigenvalue weighted by atomic mass is 15.0. The van der Waals surface area contributed by atoms with Gasteiger partial charge in [0.15, 0.2) is 0 Å². The second-order valence-corrected chi connectivity index (χ2v) is 5.07. The number of hydrogen-bond donors (Lipinski definition) is 1. The Kier molecular flexibility index (Phi) is 3.30. The summed E-state index contributed by atoms with van der Waals surface area (Å²) in [6.07, 6.45) is 1.81. The molecule has 3 heteroatoms. The molecule has 1 aromatic heterocycles. The van der Waals surface area contributed by atoms with Crippen molar-refractivity contribution in [3.8, 4) is 0 Å². The van der Waals surface area contributed by atoms with Crippen LogP contribution in [-0.4, -0.2) is 9.97 Å². The minimum Gasteiger partial charge on any atom is -0.307 e. The van der Waals surface area contributed by atoms with Gasteiger partial charge in [0.1, 0.15) is 5.82 Å². The van der Waals surface area contributed by atoms with E-state index in [1.807, 2.05) is 0 Å². The van der Waals surface area contributed by atoms with Gasteiger partial charge in [-0.15, -0.1) is 0 Å². The third-order valence-electron chi connectivity index (χ3n) is 3.76. The molecule has 0 unspecified atom stereocenters. The summed E-state index contributed by atoms with van der Waals surface area (Å²) in [5, 5.41) is 3.36. The van der Waals surface area contributed by atoms with Gasteiger partial charge < -0.3 is 5.32 Å². The summed E-state index contributed by atoms with van der Waals surface area (Å²) in [6, 6.07) is 8.46. The van der Waals surface area contributed by atoms with Gasteiger partial charge in [-0.2, -0.15) is 0 Å². The van der Waals surface area contributed by atoms with E-state index in [1.54, 1.807) is 0 Å². The standard InChI is InChI=1S/C16H19N3/c1-3-14-13-9-17-10-15(13)19-16(18-14)8-12-7-5-4-6-11(12)2/h4-7,17H,3,8-10H2,1-2H3. The molecule has 1 aliphatic rings. The molecule has 0 saturated carbocycles. The average Bonchev–Trinajstić information content (AvgIpc) is 2.89. The van der Waals surface area contributed by atoms with E-state index in [2.05, 4.69) is 43.4 Å². The second kappa shape index (κ2) is 5.10. The SMILES string of the molecule is CCc1nc(Cc2ccccc2C)nc2c1CNC2. The van der Waals surface area contributed by atoms with Crippen LogP contribution >= 0.6 is 0 Å². The molecule has 0 radical (unpaired) electrons. The van der Waals surface area contributed by atoms with Crippen molar-refractivity contribution >= 4 is 0 Å².